The molecule has 57 heavy (non-hydrogen) atoms. The van der Waals surface area contributed by atoms with Crippen molar-refractivity contribution in [3.8, 4) is 28.0 Å². The molecule has 5 aromatic rings. The highest BCUT2D eigenvalue weighted by molar-refractivity contribution is 5.89. The maximum atomic E-state index is 7.01. The highest BCUT2D eigenvalue weighted by Gasteiger charge is 2.84. The molecule has 1 aliphatic heterocycles. The van der Waals surface area contributed by atoms with Crippen LogP contribution in [-0.2, 0) is 16.2 Å². The SMILES string of the molecule is CC1C=CC2=C(C1)Oc1ccc(N(c3ccc(-c4ccc5c(c4)C(C)(C)CCC5(C)C)cc3)c3ccccc3-c3ccccc3)cc1C21C2CC3CC4CC1C42C3. The number of anilines is 3. The molecule has 286 valence electrons. The first kappa shape index (κ1) is 34.2. The minimum atomic E-state index is 0.0600. The van der Waals surface area contributed by atoms with E-state index in [0.717, 1.165) is 35.8 Å². The molecular formula is C55H55NO. The van der Waals surface area contributed by atoms with Gasteiger partial charge in [-0.3, -0.25) is 0 Å². The van der Waals surface area contributed by atoms with Crippen LogP contribution >= 0.6 is 0 Å². The Morgan fingerprint density at radius 1 is 0.632 bits per heavy atom. The standard InChI is InChI=1S/C55H55NO/c1-34-15-22-44-49(27-34)57-48-24-21-41(32-46(48)55(44)50-29-35-28-39-31-51(55)54(39,50)33-35)56(47-14-10-9-13-42(47)37-11-7-6-8-12-37)40-19-16-36(17-20-40)38-18-23-43-45(30-38)53(4,5)26-25-52(43,2)3/h6-24,30,32,34-35,39,50-51H,25-29,31,33H2,1-5H3. The molecule has 2 bridgehead atoms. The summed E-state index contributed by atoms with van der Waals surface area (Å²) in [5, 5.41) is 0. The van der Waals surface area contributed by atoms with Gasteiger partial charge in [-0.1, -0.05) is 126 Å². The van der Waals surface area contributed by atoms with E-state index in [1.54, 1.807) is 0 Å². The van der Waals surface area contributed by atoms with Crippen molar-refractivity contribution in [1.82, 2.24) is 0 Å². The van der Waals surface area contributed by atoms with Crippen molar-refractivity contribution in [3.63, 3.8) is 0 Å². The Morgan fingerprint density at radius 3 is 2.16 bits per heavy atom. The molecule has 12 rings (SSSR count). The van der Waals surface area contributed by atoms with Crippen LogP contribution in [0.15, 0.2) is 139 Å². The van der Waals surface area contributed by atoms with E-state index in [1.165, 1.54) is 106 Å². The second kappa shape index (κ2) is 11.6. The van der Waals surface area contributed by atoms with E-state index in [9.17, 15) is 0 Å². The molecule has 2 spiro atoms. The summed E-state index contributed by atoms with van der Waals surface area (Å²) in [4.78, 5) is 2.53. The number of hydrogen-bond donors (Lipinski definition) is 0. The van der Waals surface area contributed by atoms with E-state index in [-0.39, 0.29) is 16.2 Å². The predicted octanol–water partition coefficient (Wildman–Crippen LogP) is 14.4. The fourth-order valence-electron chi connectivity index (χ4n) is 14.1. The maximum Gasteiger partial charge on any atom is 0.131 e. The Kier molecular flexibility index (Phi) is 7.00. The summed E-state index contributed by atoms with van der Waals surface area (Å²) in [6, 6.07) is 43.8. The molecule has 7 aliphatic rings. The summed E-state index contributed by atoms with van der Waals surface area (Å²) in [6.45, 7) is 12.0. The number of nitrogens with zero attached hydrogens (tertiary/aromatic N) is 1. The number of rotatable bonds is 5. The van der Waals surface area contributed by atoms with Gasteiger partial charge in [0, 0.05) is 39.9 Å². The van der Waals surface area contributed by atoms with Crippen LogP contribution in [0.5, 0.6) is 5.75 Å². The average Bonchev–Trinajstić information content (AvgIpc) is 3.76. The third-order valence-electron chi connectivity index (χ3n) is 16.8. The van der Waals surface area contributed by atoms with Gasteiger partial charge in [-0.15, -0.1) is 0 Å². The lowest BCUT2D eigenvalue weighted by atomic mass is 9.25. The van der Waals surface area contributed by atoms with Crippen molar-refractivity contribution in [3.05, 3.63) is 155 Å². The van der Waals surface area contributed by atoms with Gasteiger partial charge in [-0.2, -0.15) is 0 Å². The van der Waals surface area contributed by atoms with E-state index in [2.05, 4.69) is 167 Å². The number of hydrogen-bond acceptors (Lipinski definition) is 2. The molecule has 6 aliphatic carbocycles. The summed E-state index contributed by atoms with van der Waals surface area (Å²) in [6.07, 6.45) is 14.2. The minimum absolute atomic E-state index is 0.0600. The smallest absolute Gasteiger partial charge is 0.131 e. The molecule has 0 aromatic heterocycles. The molecule has 2 nitrogen and oxygen atoms in total. The first-order chi connectivity index (χ1) is 27.6. The van der Waals surface area contributed by atoms with Gasteiger partial charge in [0.05, 0.1) is 5.69 Å². The van der Waals surface area contributed by atoms with Crippen LogP contribution in [0.25, 0.3) is 22.3 Å². The van der Waals surface area contributed by atoms with E-state index < -0.39 is 0 Å². The van der Waals surface area contributed by atoms with Gasteiger partial charge in [0.15, 0.2) is 0 Å². The summed E-state index contributed by atoms with van der Waals surface area (Å²) in [5.41, 5.74) is 15.6. The van der Waals surface area contributed by atoms with Crippen molar-refractivity contribution < 1.29 is 4.74 Å². The zero-order chi connectivity index (χ0) is 38.5. The second-order valence-electron chi connectivity index (χ2n) is 20.5. The topological polar surface area (TPSA) is 12.5 Å². The summed E-state index contributed by atoms with van der Waals surface area (Å²) < 4.78 is 7.01. The molecular weight excluding hydrogens is 691 g/mol. The molecule has 1 heterocycles. The normalized spacial score (nSPS) is 31.4. The lowest BCUT2D eigenvalue weighted by Crippen LogP contribution is -2.75. The zero-order valence-electron chi connectivity index (χ0n) is 34.3. The molecule has 0 radical (unpaired) electrons. The van der Waals surface area contributed by atoms with Crippen molar-refractivity contribution in [2.75, 3.05) is 4.90 Å². The third kappa shape index (κ3) is 4.54. The van der Waals surface area contributed by atoms with Crippen molar-refractivity contribution >= 4 is 17.1 Å². The lowest BCUT2D eigenvalue weighted by molar-refractivity contribution is -0.236. The van der Waals surface area contributed by atoms with Crippen molar-refractivity contribution in [2.24, 2.45) is 35.0 Å². The molecule has 4 fully saturated rings. The summed E-state index contributed by atoms with van der Waals surface area (Å²) in [5.74, 6) is 6.18. The lowest BCUT2D eigenvalue weighted by Gasteiger charge is -2.78. The van der Waals surface area contributed by atoms with Gasteiger partial charge in [0.1, 0.15) is 11.5 Å². The summed E-state index contributed by atoms with van der Waals surface area (Å²) in [7, 11) is 0. The number of benzene rings is 5. The van der Waals surface area contributed by atoms with E-state index >= 15 is 0 Å². The van der Waals surface area contributed by atoms with Gasteiger partial charge in [0.2, 0.25) is 0 Å². The number of fused-ring (bicyclic) bond motifs is 7. The van der Waals surface area contributed by atoms with Crippen LogP contribution in [0.4, 0.5) is 17.1 Å². The number of allylic oxidation sites excluding steroid dienone is 4. The Hall–Kier alpha value is -4.82. The molecule has 7 unspecified atom stereocenters. The van der Waals surface area contributed by atoms with Gasteiger partial charge < -0.3 is 9.64 Å². The monoisotopic (exact) mass is 745 g/mol. The van der Waals surface area contributed by atoms with Crippen LogP contribution < -0.4 is 9.64 Å². The molecule has 7 atom stereocenters. The van der Waals surface area contributed by atoms with Gasteiger partial charge in [0.25, 0.3) is 0 Å². The molecule has 0 amide bonds. The van der Waals surface area contributed by atoms with Crippen LogP contribution in [0.1, 0.15) is 96.3 Å². The third-order valence-corrected chi connectivity index (χ3v) is 16.8. The second-order valence-corrected chi connectivity index (χ2v) is 20.5. The van der Waals surface area contributed by atoms with Crippen LogP contribution in [-0.4, -0.2) is 0 Å². The van der Waals surface area contributed by atoms with E-state index in [0.29, 0.717) is 11.3 Å². The molecule has 2 heteroatoms. The Balaban J connectivity index is 1.01. The highest BCUT2D eigenvalue weighted by Crippen LogP contribution is 2.89. The fourth-order valence-corrected chi connectivity index (χ4v) is 14.1. The number of ether oxygens (including phenoxy) is 1. The average molecular weight is 746 g/mol. The summed E-state index contributed by atoms with van der Waals surface area (Å²) >= 11 is 0. The van der Waals surface area contributed by atoms with Gasteiger partial charge in [-0.05, 0) is 149 Å². The van der Waals surface area contributed by atoms with E-state index in [1.807, 2.05) is 0 Å². The first-order valence-electron chi connectivity index (χ1n) is 22.0. The molecule has 0 saturated heterocycles. The highest BCUT2D eigenvalue weighted by atomic mass is 16.5. The van der Waals surface area contributed by atoms with Crippen molar-refractivity contribution in [2.45, 2.75) is 95.8 Å². The zero-order valence-corrected chi connectivity index (χ0v) is 34.3. The maximum absolute atomic E-state index is 7.01. The first-order valence-corrected chi connectivity index (χ1v) is 22.0. The molecule has 5 aromatic carbocycles. The van der Waals surface area contributed by atoms with Crippen LogP contribution in [0.3, 0.4) is 0 Å². The van der Waals surface area contributed by atoms with E-state index in [4.69, 9.17) is 4.74 Å². The largest absolute Gasteiger partial charge is 0.461 e. The fraction of sp³-hybridized carbons (Fsp3) is 0.382. The van der Waals surface area contributed by atoms with Crippen LogP contribution in [0.2, 0.25) is 0 Å². The number of para-hydroxylation sites is 1. The Morgan fingerprint density at radius 2 is 1.35 bits per heavy atom. The van der Waals surface area contributed by atoms with Gasteiger partial charge >= 0.3 is 0 Å². The Bertz CT molecular complexity index is 2540. The molecule has 4 saturated carbocycles. The molecule has 0 N–H and O–H groups in total. The predicted molar refractivity (Wildman–Crippen MR) is 234 cm³/mol. The quantitative estimate of drug-likeness (QED) is 0.178. The van der Waals surface area contributed by atoms with Crippen molar-refractivity contribution in [1.29, 1.82) is 0 Å². The van der Waals surface area contributed by atoms with Crippen LogP contribution in [0, 0.1) is 35.0 Å². The Labute approximate surface area is 339 Å². The van der Waals surface area contributed by atoms with Gasteiger partial charge in [-0.25, -0.2) is 0 Å². The minimum Gasteiger partial charge on any atom is -0.461 e.